The van der Waals surface area contributed by atoms with Gasteiger partial charge in [0.05, 0.1) is 4.90 Å². The molecule has 0 radical (unpaired) electrons. The molecule has 1 aliphatic rings. The Kier molecular flexibility index (Phi) is 6.11. The zero-order chi connectivity index (χ0) is 23.0. The topological polar surface area (TPSA) is 66.9 Å². The minimum atomic E-state index is -5.82. The van der Waals surface area contributed by atoms with E-state index in [2.05, 4.69) is 4.74 Å². The van der Waals surface area contributed by atoms with E-state index in [-0.39, 0.29) is 18.0 Å². The van der Waals surface area contributed by atoms with E-state index in [0.717, 1.165) is 9.69 Å². The first-order valence-corrected chi connectivity index (χ1v) is 10.3. The van der Waals surface area contributed by atoms with E-state index in [0.29, 0.717) is 10.3 Å². The molecule has 1 fully saturated rings. The molecule has 170 valence electrons. The summed E-state index contributed by atoms with van der Waals surface area (Å²) < 4.78 is 106. The van der Waals surface area contributed by atoms with Gasteiger partial charge in [0.2, 0.25) is 10.0 Å². The van der Waals surface area contributed by atoms with Crippen molar-refractivity contribution < 1.29 is 44.3 Å². The number of nitrogens with zero attached hydrogens (tertiary/aromatic N) is 2. The molecule has 31 heavy (non-hydrogen) atoms. The van der Waals surface area contributed by atoms with Gasteiger partial charge in [-0.05, 0) is 22.9 Å². The maximum atomic E-state index is 12.8. The van der Waals surface area contributed by atoms with Crippen molar-refractivity contribution in [3.8, 4) is 0 Å². The fourth-order valence-corrected chi connectivity index (χ4v) is 4.54. The van der Waals surface area contributed by atoms with Crippen LogP contribution in [0.4, 0.5) is 31.1 Å². The molecule has 0 bridgehead atoms. The van der Waals surface area contributed by atoms with E-state index in [1.165, 1.54) is 12.1 Å². The molecule has 1 aliphatic heterocycles. The van der Waals surface area contributed by atoms with Gasteiger partial charge in [0.1, 0.15) is 0 Å². The second-order valence-electron chi connectivity index (χ2n) is 6.75. The molecule has 0 N–H and O–H groups in total. The van der Waals surface area contributed by atoms with Gasteiger partial charge in [0.15, 0.2) is 0 Å². The summed E-state index contributed by atoms with van der Waals surface area (Å²) in [4.78, 5) is 12.4. The molecule has 1 saturated heterocycles. The number of fused-ring (bicyclic) bond motifs is 1. The van der Waals surface area contributed by atoms with Crippen LogP contribution < -0.4 is 0 Å². The SMILES string of the molecule is O=C(OC(C(F)(F)F)C(F)(F)F)N1CCN(S(=O)(=O)c2ccc3ccccc3c2)CC1. The summed E-state index contributed by atoms with van der Waals surface area (Å²) in [5.74, 6) is 0. The molecule has 6 nitrogen and oxygen atoms in total. The third-order valence-corrected chi connectivity index (χ3v) is 6.56. The number of alkyl halides is 6. The van der Waals surface area contributed by atoms with E-state index in [4.69, 9.17) is 0 Å². The minimum Gasteiger partial charge on any atom is -0.426 e. The second kappa shape index (κ2) is 8.19. The summed E-state index contributed by atoms with van der Waals surface area (Å²) in [5.41, 5.74) is 0. The number of ether oxygens (including phenoxy) is 1. The first-order valence-electron chi connectivity index (χ1n) is 8.88. The number of amides is 1. The van der Waals surface area contributed by atoms with E-state index >= 15 is 0 Å². The van der Waals surface area contributed by atoms with Crippen molar-refractivity contribution in [1.82, 2.24) is 9.21 Å². The Morgan fingerprint density at radius 1 is 0.871 bits per heavy atom. The molecular formula is C18H16F6N2O4S. The molecule has 0 spiro atoms. The highest BCUT2D eigenvalue weighted by Gasteiger charge is 2.60. The van der Waals surface area contributed by atoms with E-state index in [1.54, 1.807) is 30.3 Å². The normalized spacial score (nSPS) is 16.7. The van der Waals surface area contributed by atoms with Gasteiger partial charge in [0, 0.05) is 26.2 Å². The van der Waals surface area contributed by atoms with E-state index in [9.17, 15) is 39.6 Å². The number of hydrogen-bond donors (Lipinski definition) is 0. The maximum absolute atomic E-state index is 12.8. The molecule has 1 heterocycles. The predicted octanol–water partition coefficient (Wildman–Crippen LogP) is 3.78. The van der Waals surface area contributed by atoms with Crippen LogP contribution in [0, 0.1) is 0 Å². The van der Waals surface area contributed by atoms with Crippen molar-refractivity contribution in [2.75, 3.05) is 26.2 Å². The van der Waals surface area contributed by atoms with Crippen LogP contribution in [0.25, 0.3) is 10.8 Å². The number of halogens is 6. The second-order valence-corrected chi connectivity index (χ2v) is 8.69. The molecule has 0 saturated carbocycles. The third-order valence-electron chi connectivity index (χ3n) is 4.67. The largest absolute Gasteiger partial charge is 0.434 e. The van der Waals surface area contributed by atoms with Gasteiger partial charge >= 0.3 is 18.4 Å². The van der Waals surface area contributed by atoms with Crippen LogP contribution >= 0.6 is 0 Å². The zero-order valence-electron chi connectivity index (χ0n) is 15.7. The smallest absolute Gasteiger partial charge is 0.426 e. The fourth-order valence-electron chi connectivity index (χ4n) is 3.08. The van der Waals surface area contributed by atoms with Gasteiger partial charge in [-0.2, -0.15) is 30.6 Å². The van der Waals surface area contributed by atoms with E-state index < -0.39 is 47.7 Å². The minimum absolute atomic E-state index is 0.0172. The highest BCUT2D eigenvalue weighted by molar-refractivity contribution is 7.89. The number of carbonyl (C=O) groups excluding carboxylic acids is 1. The van der Waals surface area contributed by atoms with Gasteiger partial charge in [-0.1, -0.05) is 30.3 Å². The molecule has 1 amide bonds. The highest BCUT2D eigenvalue weighted by Crippen LogP contribution is 2.36. The van der Waals surface area contributed by atoms with Gasteiger partial charge in [-0.15, -0.1) is 0 Å². The van der Waals surface area contributed by atoms with Crippen molar-refractivity contribution in [1.29, 1.82) is 0 Å². The highest BCUT2D eigenvalue weighted by atomic mass is 32.2. The molecule has 0 atom stereocenters. The van der Waals surface area contributed by atoms with Crippen molar-refractivity contribution >= 4 is 26.9 Å². The van der Waals surface area contributed by atoms with Crippen LogP contribution in [-0.4, -0.2) is 68.4 Å². The Morgan fingerprint density at radius 2 is 1.42 bits per heavy atom. The zero-order valence-corrected chi connectivity index (χ0v) is 16.5. The number of piperazine rings is 1. The summed E-state index contributed by atoms with van der Waals surface area (Å²) in [6.45, 7) is -1.47. The summed E-state index contributed by atoms with van der Waals surface area (Å²) in [6.07, 6.45) is -17.7. The summed E-state index contributed by atoms with van der Waals surface area (Å²) >= 11 is 0. The quantitative estimate of drug-likeness (QED) is 0.641. The van der Waals surface area contributed by atoms with Crippen LogP contribution in [0.3, 0.4) is 0 Å². The monoisotopic (exact) mass is 470 g/mol. The van der Waals surface area contributed by atoms with Gasteiger partial charge < -0.3 is 9.64 Å². The van der Waals surface area contributed by atoms with Gasteiger partial charge in [0.25, 0.3) is 6.10 Å². The number of carbonyl (C=O) groups is 1. The Balaban J connectivity index is 1.68. The van der Waals surface area contributed by atoms with E-state index in [1.807, 2.05) is 0 Å². The number of sulfonamides is 1. The summed E-state index contributed by atoms with van der Waals surface area (Å²) in [5, 5.41) is 1.49. The molecule has 3 rings (SSSR count). The Morgan fingerprint density at radius 3 is 1.97 bits per heavy atom. The predicted molar refractivity (Wildman–Crippen MR) is 96.7 cm³/mol. The van der Waals surface area contributed by atoms with Crippen molar-refractivity contribution in [2.24, 2.45) is 0 Å². The summed E-state index contributed by atoms with van der Waals surface area (Å²) in [6, 6.07) is 11.5. The molecule has 2 aromatic rings. The standard InChI is InChI=1S/C18H16F6N2O4S/c19-17(20,21)15(18(22,23)24)30-16(27)25-7-9-26(10-8-25)31(28,29)14-6-5-12-3-1-2-4-13(12)11-14/h1-6,11,15H,7-10H2. The first kappa shape index (κ1) is 23.1. The van der Waals surface area contributed by atoms with Crippen LogP contribution in [0.1, 0.15) is 0 Å². The molecule has 0 aliphatic carbocycles. The Labute approximate surface area is 173 Å². The fraction of sp³-hybridized carbons (Fsp3) is 0.389. The number of rotatable bonds is 3. The molecule has 2 aromatic carbocycles. The lowest BCUT2D eigenvalue weighted by atomic mass is 10.1. The lowest BCUT2D eigenvalue weighted by molar-refractivity contribution is -0.308. The molecule has 13 heteroatoms. The van der Waals surface area contributed by atoms with Crippen LogP contribution in [-0.2, 0) is 14.8 Å². The molecule has 0 unspecified atom stereocenters. The molecular weight excluding hydrogens is 454 g/mol. The van der Waals surface area contributed by atoms with Crippen molar-refractivity contribution in [2.45, 2.75) is 23.4 Å². The average molecular weight is 470 g/mol. The summed E-state index contributed by atoms with van der Waals surface area (Å²) in [7, 11) is -3.98. The van der Waals surface area contributed by atoms with Crippen molar-refractivity contribution in [3.05, 3.63) is 42.5 Å². The average Bonchev–Trinajstić information content (AvgIpc) is 2.69. The van der Waals surface area contributed by atoms with Gasteiger partial charge in [-0.25, -0.2) is 13.2 Å². The van der Waals surface area contributed by atoms with Crippen LogP contribution in [0.5, 0.6) is 0 Å². The van der Waals surface area contributed by atoms with Crippen LogP contribution in [0.15, 0.2) is 47.4 Å². The lowest BCUT2D eigenvalue weighted by Crippen LogP contribution is -2.53. The number of benzene rings is 2. The first-order chi connectivity index (χ1) is 14.3. The third kappa shape index (κ3) is 5.03. The van der Waals surface area contributed by atoms with Gasteiger partial charge in [-0.3, -0.25) is 0 Å². The van der Waals surface area contributed by atoms with Crippen molar-refractivity contribution in [3.63, 3.8) is 0 Å². The lowest BCUT2D eigenvalue weighted by Gasteiger charge is -2.34. The number of hydrogen-bond acceptors (Lipinski definition) is 4. The Bertz CT molecular complexity index is 1050. The molecule has 0 aromatic heterocycles. The maximum Gasteiger partial charge on any atom is 0.434 e. The Hall–Kier alpha value is -2.54. The van der Waals surface area contributed by atoms with Crippen LogP contribution in [0.2, 0.25) is 0 Å².